The summed E-state index contributed by atoms with van der Waals surface area (Å²) >= 11 is 0. The number of nitro benzene ring substituents is 1. The molecule has 134 valence electrons. The van der Waals surface area contributed by atoms with Crippen LogP contribution in [0.15, 0.2) is 42.5 Å². The van der Waals surface area contributed by atoms with Crippen LogP contribution < -0.4 is 10.2 Å². The van der Waals surface area contributed by atoms with Crippen molar-refractivity contribution in [2.45, 2.75) is 20.3 Å². The molecule has 0 aromatic heterocycles. The summed E-state index contributed by atoms with van der Waals surface area (Å²) in [6.45, 7) is 4.27. The van der Waals surface area contributed by atoms with Crippen LogP contribution in [0.1, 0.15) is 17.5 Å². The molecular formula is C19H19N3O4. The Balaban J connectivity index is 1.71. The molecule has 0 radical (unpaired) electrons. The molecule has 2 amide bonds. The highest BCUT2D eigenvalue weighted by molar-refractivity contribution is 6.03. The molecule has 0 spiro atoms. The van der Waals surface area contributed by atoms with Gasteiger partial charge >= 0.3 is 0 Å². The maximum Gasteiger partial charge on any atom is 0.269 e. The quantitative estimate of drug-likeness (QED) is 0.675. The van der Waals surface area contributed by atoms with Gasteiger partial charge in [-0.2, -0.15) is 0 Å². The average Bonchev–Trinajstić information content (AvgIpc) is 2.99. The van der Waals surface area contributed by atoms with Crippen LogP contribution in [0.3, 0.4) is 0 Å². The summed E-state index contributed by atoms with van der Waals surface area (Å²) in [5, 5.41) is 13.4. The zero-order valence-corrected chi connectivity index (χ0v) is 14.6. The molecule has 1 unspecified atom stereocenters. The molecule has 1 aliphatic rings. The van der Waals surface area contributed by atoms with Crippen LogP contribution in [0, 0.1) is 29.9 Å². The number of amides is 2. The number of nitro groups is 1. The summed E-state index contributed by atoms with van der Waals surface area (Å²) in [5.41, 5.74) is 3.38. The van der Waals surface area contributed by atoms with E-state index in [1.807, 2.05) is 32.0 Å². The second-order valence-corrected chi connectivity index (χ2v) is 6.42. The highest BCUT2D eigenvalue weighted by atomic mass is 16.6. The monoisotopic (exact) mass is 353 g/mol. The third-order valence-electron chi connectivity index (χ3n) is 4.71. The van der Waals surface area contributed by atoms with Crippen molar-refractivity contribution in [1.29, 1.82) is 0 Å². The Morgan fingerprint density at radius 2 is 1.88 bits per heavy atom. The van der Waals surface area contributed by atoms with E-state index >= 15 is 0 Å². The summed E-state index contributed by atoms with van der Waals surface area (Å²) in [4.78, 5) is 36.7. The van der Waals surface area contributed by atoms with Crippen molar-refractivity contribution in [1.82, 2.24) is 0 Å². The fourth-order valence-electron chi connectivity index (χ4n) is 3.05. The van der Waals surface area contributed by atoms with Gasteiger partial charge in [0.05, 0.1) is 10.8 Å². The molecule has 0 saturated carbocycles. The van der Waals surface area contributed by atoms with Gasteiger partial charge in [0.1, 0.15) is 0 Å². The van der Waals surface area contributed by atoms with E-state index in [0.29, 0.717) is 12.2 Å². The lowest BCUT2D eigenvalue weighted by molar-refractivity contribution is -0.384. The van der Waals surface area contributed by atoms with Gasteiger partial charge in [0, 0.05) is 36.5 Å². The molecule has 1 N–H and O–H groups in total. The molecule has 1 heterocycles. The van der Waals surface area contributed by atoms with Crippen LogP contribution in [0.25, 0.3) is 0 Å². The minimum atomic E-state index is -0.497. The van der Waals surface area contributed by atoms with E-state index in [-0.39, 0.29) is 23.9 Å². The number of carbonyl (C=O) groups excluding carboxylic acids is 2. The maximum atomic E-state index is 12.5. The third kappa shape index (κ3) is 3.42. The van der Waals surface area contributed by atoms with Gasteiger partial charge in [0.2, 0.25) is 11.8 Å². The first-order valence-electron chi connectivity index (χ1n) is 8.28. The lowest BCUT2D eigenvalue weighted by Gasteiger charge is -2.20. The third-order valence-corrected chi connectivity index (χ3v) is 4.71. The number of non-ortho nitro benzene ring substituents is 1. The van der Waals surface area contributed by atoms with E-state index in [9.17, 15) is 19.7 Å². The Labute approximate surface area is 150 Å². The Morgan fingerprint density at radius 3 is 2.54 bits per heavy atom. The van der Waals surface area contributed by atoms with Gasteiger partial charge in [-0.05, 0) is 43.2 Å². The van der Waals surface area contributed by atoms with Crippen LogP contribution in [0.2, 0.25) is 0 Å². The minimum Gasteiger partial charge on any atom is -0.326 e. The van der Waals surface area contributed by atoms with E-state index in [2.05, 4.69) is 5.32 Å². The van der Waals surface area contributed by atoms with E-state index < -0.39 is 10.8 Å². The summed E-state index contributed by atoms with van der Waals surface area (Å²) in [6, 6.07) is 11.4. The minimum absolute atomic E-state index is 0.0415. The summed E-state index contributed by atoms with van der Waals surface area (Å²) in [5.74, 6) is -0.805. The van der Waals surface area contributed by atoms with Crippen molar-refractivity contribution in [3.63, 3.8) is 0 Å². The highest BCUT2D eigenvalue weighted by Gasteiger charge is 2.35. The van der Waals surface area contributed by atoms with E-state index in [4.69, 9.17) is 0 Å². The van der Waals surface area contributed by atoms with Crippen molar-refractivity contribution in [2.24, 2.45) is 5.92 Å². The standard InChI is InChI=1S/C19H19N3O4/c1-12-4-3-5-17(13(12)2)21-11-14(10-18(21)23)19(24)20-15-6-8-16(9-7-15)22(25)26/h3-9,14H,10-11H2,1-2H3,(H,20,24). The van der Waals surface area contributed by atoms with Crippen molar-refractivity contribution >= 4 is 28.9 Å². The summed E-state index contributed by atoms with van der Waals surface area (Å²) in [6.07, 6.45) is 0.145. The molecule has 1 atom stereocenters. The van der Waals surface area contributed by atoms with Gasteiger partial charge in [0.15, 0.2) is 0 Å². The zero-order chi connectivity index (χ0) is 18.8. The van der Waals surface area contributed by atoms with Gasteiger partial charge in [0.25, 0.3) is 5.69 Å². The molecule has 26 heavy (non-hydrogen) atoms. The SMILES string of the molecule is Cc1cccc(N2CC(C(=O)Nc3ccc([N+](=O)[O-])cc3)CC2=O)c1C. The molecule has 0 aliphatic carbocycles. The van der Waals surface area contributed by atoms with Gasteiger partial charge in [-0.1, -0.05) is 12.1 Å². The molecule has 1 saturated heterocycles. The Hall–Kier alpha value is -3.22. The number of anilines is 2. The number of hydrogen-bond donors (Lipinski definition) is 1. The van der Waals surface area contributed by atoms with Gasteiger partial charge in [-0.3, -0.25) is 19.7 Å². The van der Waals surface area contributed by atoms with Gasteiger partial charge in [-0.25, -0.2) is 0 Å². The fourth-order valence-corrected chi connectivity index (χ4v) is 3.05. The Morgan fingerprint density at radius 1 is 1.19 bits per heavy atom. The van der Waals surface area contributed by atoms with Crippen molar-refractivity contribution in [2.75, 3.05) is 16.8 Å². The summed E-state index contributed by atoms with van der Waals surface area (Å²) < 4.78 is 0. The predicted molar refractivity (Wildman–Crippen MR) is 98.1 cm³/mol. The molecule has 2 aromatic carbocycles. The first kappa shape index (κ1) is 17.6. The normalized spacial score (nSPS) is 16.6. The van der Waals surface area contributed by atoms with Crippen molar-refractivity contribution < 1.29 is 14.5 Å². The first-order valence-corrected chi connectivity index (χ1v) is 8.28. The van der Waals surface area contributed by atoms with Crippen molar-refractivity contribution in [3.05, 3.63) is 63.7 Å². The van der Waals surface area contributed by atoms with Crippen LogP contribution in [-0.2, 0) is 9.59 Å². The maximum absolute atomic E-state index is 12.5. The molecular weight excluding hydrogens is 334 g/mol. The number of nitrogens with zero attached hydrogens (tertiary/aromatic N) is 2. The second kappa shape index (κ2) is 6.95. The highest BCUT2D eigenvalue weighted by Crippen LogP contribution is 2.30. The molecule has 1 aliphatic heterocycles. The van der Waals surface area contributed by atoms with Crippen molar-refractivity contribution in [3.8, 4) is 0 Å². The number of aryl methyl sites for hydroxylation is 1. The van der Waals surface area contributed by atoms with Crippen LogP contribution in [-0.4, -0.2) is 23.3 Å². The fraction of sp³-hybridized carbons (Fsp3) is 0.263. The number of carbonyl (C=O) groups is 2. The van der Waals surface area contributed by atoms with Gasteiger partial charge in [-0.15, -0.1) is 0 Å². The Bertz CT molecular complexity index is 877. The smallest absolute Gasteiger partial charge is 0.269 e. The first-order chi connectivity index (χ1) is 12.4. The van der Waals surface area contributed by atoms with Crippen LogP contribution in [0.4, 0.5) is 17.1 Å². The van der Waals surface area contributed by atoms with Crippen LogP contribution in [0.5, 0.6) is 0 Å². The number of nitrogens with one attached hydrogen (secondary N) is 1. The van der Waals surface area contributed by atoms with E-state index in [1.165, 1.54) is 24.3 Å². The summed E-state index contributed by atoms with van der Waals surface area (Å²) in [7, 11) is 0. The number of rotatable bonds is 4. The second-order valence-electron chi connectivity index (χ2n) is 6.42. The van der Waals surface area contributed by atoms with E-state index in [1.54, 1.807) is 4.90 Å². The molecule has 3 rings (SSSR count). The predicted octanol–water partition coefficient (Wildman–Crippen LogP) is 3.20. The number of benzene rings is 2. The molecule has 2 aromatic rings. The molecule has 1 fully saturated rings. The molecule has 7 heteroatoms. The molecule has 7 nitrogen and oxygen atoms in total. The number of hydrogen-bond acceptors (Lipinski definition) is 4. The van der Waals surface area contributed by atoms with E-state index in [0.717, 1.165) is 16.8 Å². The van der Waals surface area contributed by atoms with Crippen LogP contribution >= 0.6 is 0 Å². The lowest BCUT2D eigenvalue weighted by atomic mass is 10.1. The largest absolute Gasteiger partial charge is 0.326 e. The van der Waals surface area contributed by atoms with Gasteiger partial charge < -0.3 is 10.2 Å². The Kier molecular flexibility index (Phi) is 4.71. The average molecular weight is 353 g/mol. The lowest BCUT2D eigenvalue weighted by Crippen LogP contribution is -2.28. The molecule has 0 bridgehead atoms. The zero-order valence-electron chi connectivity index (χ0n) is 14.6. The topological polar surface area (TPSA) is 92.6 Å².